The Labute approximate surface area is 83.7 Å². The van der Waals surface area contributed by atoms with Gasteiger partial charge in [0.15, 0.2) is 0 Å². The number of thioether (sulfide) groups is 1. The highest BCUT2D eigenvalue weighted by Gasteiger charge is 1.98. The van der Waals surface area contributed by atoms with Crippen LogP contribution in [0, 0.1) is 0 Å². The van der Waals surface area contributed by atoms with Crippen molar-refractivity contribution in [3.63, 3.8) is 0 Å². The van der Waals surface area contributed by atoms with Crippen molar-refractivity contribution in [2.24, 2.45) is 0 Å². The van der Waals surface area contributed by atoms with Gasteiger partial charge in [0, 0.05) is 17.6 Å². The molecule has 4 heteroatoms. The lowest BCUT2D eigenvalue weighted by atomic mass is 10.3. The van der Waals surface area contributed by atoms with Crippen molar-refractivity contribution >= 4 is 11.8 Å². The van der Waals surface area contributed by atoms with Crippen LogP contribution in [0.25, 0.3) is 0 Å². The van der Waals surface area contributed by atoms with Crippen molar-refractivity contribution in [3.8, 4) is 0 Å². The average molecular weight is 199 g/mol. The molecule has 1 atom stereocenters. The van der Waals surface area contributed by atoms with Crippen LogP contribution in [0.3, 0.4) is 0 Å². The Bertz CT molecular complexity index is 211. The van der Waals surface area contributed by atoms with Crippen LogP contribution in [0.1, 0.15) is 19.2 Å². The van der Waals surface area contributed by atoms with Crippen molar-refractivity contribution in [1.29, 1.82) is 0 Å². The second kappa shape index (κ2) is 6.05. The van der Waals surface area contributed by atoms with E-state index >= 15 is 0 Å². The minimum Gasteiger partial charge on any atom is -0.348 e. The van der Waals surface area contributed by atoms with Gasteiger partial charge in [0.05, 0.1) is 6.54 Å². The number of aromatic amines is 1. The molecule has 1 rings (SSSR count). The molecular formula is C9H17N3S. The van der Waals surface area contributed by atoms with E-state index in [1.54, 1.807) is 6.20 Å². The van der Waals surface area contributed by atoms with Gasteiger partial charge < -0.3 is 10.3 Å². The first-order chi connectivity index (χ1) is 6.33. The molecule has 1 unspecified atom stereocenters. The molecule has 0 aliphatic heterocycles. The number of nitrogens with one attached hydrogen (secondary N) is 2. The van der Waals surface area contributed by atoms with Gasteiger partial charge in [-0.15, -0.1) is 0 Å². The van der Waals surface area contributed by atoms with Crippen LogP contribution in [0.4, 0.5) is 0 Å². The average Bonchev–Trinajstić information content (AvgIpc) is 2.64. The minimum absolute atomic E-state index is 0.740. The fourth-order valence-corrected chi connectivity index (χ4v) is 1.38. The van der Waals surface area contributed by atoms with Crippen molar-refractivity contribution < 1.29 is 0 Å². The highest BCUT2D eigenvalue weighted by atomic mass is 32.2. The van der Waals surface area contributed by atoms with E-state index in [0.29, 0.717) is 0 Å². The van der Waals surface area contributed by atoms with Gasteiger partial charge in [0.2, 0.25) is 0 Å². The van der Waals surface area contributed by atoms with E-state index in [1.165, 1.54) is 6.42 Å². The molecule has 0 spiro atoms. The molecule has 0 aliphatic carbocycles. The van der Waals surface area contributed by atoms with Gasteiger partial charge in [-0.3, -0.25) is 0 Å². The van der Waals surface area contributed by atoms with Crippen molar-refractivity contribution in [2.75, 3.05) is 12.8 Å². The Hall–Kier alpha value is -0.480. The molecule has 0 amide bonds. The van der Waals surface area contributed by atoms with Crippen LogP contribution in [0.2, 0.25) is 0 Å². The first-order valence-corrected chi connectivity index (χ1v) is 5.83. The Morgan fingerprint density at radius 3 is 3.15 bits per heavy atom. The summed E-state index contributed by atoms with van der Waals surface area (Å²) in [7, 11) is 0. The largest absolute Gasteiger partial charge is 0.348 e. The van der Waals surface area contributed by atoms with E-state index in [1.807, 2.05) is 18.0 Å². The number of hydrogen-bond acceptors (Lipinski definition) is 3. The van der Waals surface area contributed by atoms with E-state index in [9.17, 15) is 0 Å². The molecule has 0 saturated heterocycles. The fourth-order valence-electron chi connectivity index (χ4n) is 1.02. The summed E-state index contributed by atoms with van der Waals surface area (Å²) in [5.41, 5.74) is 0. The predicted molar refractivity (Wildman–Crippen MR) is 57.9 cm³/mol. The molecule has 0 saturated carbocycles. The van der Waals surface area contributed by atoms with Gasteiger partial charge in [0.25, 0.3) is 0 Å². The lowest BCUT2D eigenvalue weighted by Gasteiger charge is -2.07. The maximum Gasteiger partial charge on any atom is 0.120 e. The predicted octanol–water partition coefficient (Wildman–Crippen LogP) is 1.64. The van der Waals surface area contributed by atoms with Crippen LogP contribution >= 0.6 is 11.8 Å². The molecule has 0 aliphatic rings. The Kier molecular flexibility index (Phi) is 4.93. The number of hydrogen-bond donors (Lipinski definition) is 2. The van der Waals surface area contributed by atoms with Gasteiger partial charge >= 0.3 is 0 Å². The molecular weight excluding hydrogens is 182 g/mol. The normalized spacial score (nSPS) is 13.1. The van der Waals surface area contributed by atoms with E-state index in [2.05, 4.69) is 28.5 Å². The molecule has 1 heterocycles. The molecule has 0 fully saturated rings. The molecule has 3 nitrogen and oxygen atoms in total. The van der Waals surface area contributed by atoms with Gasteiger partial charge in [-0.2, -0.15) is 11.8 Å². The summed E-state index contributed by atoms with van der Waals surface area (Å²) in [6.07, 6.45) is 6.99. The number of aromatic nitrogens is 2. The van der Waals surface area contributed by atoms with Crippen LogP contribution in [0.5, 0.6) is 0 Å². The summed E-state index contributed by atoms with van der Waals surface area (Å²) in [6.45, 7) is 4.15. The topological polar surface area (TPSA) is 40.7 Å². The highest BCUT2D eigenvalue weighted by Crippen LogP contribution is 2.07. The quantitative estimate of drug-likeness (QED) is 0.684. The van der Waals surface area contributed by atoms with E-state index < -0.39 is 0 Å². The van der Waals surface area contributed by atoms with Crippen LogP contribution in [0.15, 0.2) is 12.4 Å². The van der Waals surface area contributed by atoms with Crippen molar-refractivity contribution in [2.45, 2.75) is 25.1 Å². The fraction of sp³-hybridized carbons (Fsp3) is 0.667. The first-order valence-electron chi connectivity index (χ1n) is 4.54. The third-order valence-electron chi connectivity index (χ3n) is 1.98. The molecule has 0 radical (unpaired) electrons. The highest BCUT2D eigenvalue weighted by molar-refractivity contribution is 7.99. The zero-order valence-electron chi connectivity index (χ0n) is 8.21. The SMILES string of the molecule is CSC(C)CCNCc1ncc[nH]1. The molecule has 0 aromatic carbocycles. The third-order valence-corrected chi connectivity index (χ3v) is 3.02. The van der Waals surface area contributed by atoms with E-state index in [-0.39, 0.29) is 0 Å². The molecule has 2 N–H and O–H groups in total. The van der Waals surface area contributed by atoms with Gasteiger partial charge in [-0.05, 0) is 19.2 Å². The monoisotopic (exact) mass is 199 g/mol. The number of nitrogens with zero attached hydrogens (tertiary/aromatic N) is 1. The summed E-state index contributed by atoms with van der Waals surface area (Å²) in [6, 6.07) is 0. The van der Waals surface area contributed by atoms with Crippen LogP contribution < -0.4 is 5.32 Å². The van der Waals surface area contributed by atoms with Gasteiger partial charge in [0.1, 0.15) is 5.82 Å². The summed E-state index contributed by atoms with van der Waals surface area (Å²) >= 11 is 1.91. The minimum atomic E-state index is 0.740. The summed E-state index contributed by atoms with van der Waals surface area (Å²) in [5, 5.41) is 4.09. The van der Waals surface area contributed by atoms with Crippen LogP contribution in [-0.2, 0) is 6.54 Å². The van der Waals surface area contributed by atoms with Crippen LogP contribution in [-0.4, -0.2) is 28.0 Å². The van der Waals surface area contributed by atoms with Gasteiger partial charge in [-0.1, -0.05) is 6.92 Å². The second-order valence-electron chi connectivity index (χ2n) is 3.05. The Morgan fingerprint density at radius 2 is 2.54 bits per heavy atom. The van der Waals surface area contributed by atoms with Crippen molar-refractivity contribution in [1.82, 2.24) is 15.3 Å². The smallest absolute Gasteiger partial charge is 0.120 e. The lowest BCUT2D eigenvalue weighted by Crippen LogP contribution is -2.18. The standard InChI is InChI=1S/C9H17N3S/c1-8(13-2)3-4-10-7-9-11-5-6-12-9/h5-6,8,10H,3-4,7H2,1-2H3,(H,11,12). The molecule has 0 bridgehead atoms. The molecule has 1 aromatic heterocycles. The first kappa shape index (κ1) is 10.6. The summed E-state index contributed by atoms with van der Waals surface area (Å²) in [5.74, 6) is 1.01. The zero-order chi connectivity index (χ0) is 9.52. The van der Waals surface area contributed by atoms with Gasteiger partial charge in [-0.25, -0.2) is 4.98 Å². The van der Waals surface area contributed by atoms with E-state index in [0.717, 1.165) is 24.2 Å². The summed E-state index contributed by atoms with van der Waals surface area (Å²) < 4.78 is 0. The lowest BCUT2D eigenvalue weighted by molar-refractivity contribution is 0.632. The molecule has 74 valence electrons. The number of rotatable bonds is 6. The zero-order valence-corrected chi connectivity index (χ0v) is 9.03. The summed E-state index contributed by atoms with van der Waals surface area (Å²) in [4.78, 5) is 7.19. The maximum absolute atomic E-state index is 4.13. The molecule has 13 heavy (non-hydrogen) atoms. The van der Waals surface area contributed by atoms with Crippen molar-refractivity contribution in [3.05, 3.63) is 18.2 Å². The van der Waals surface area contributed by atoms with E-state index in [4.69, 9.17) is 0 Å². The number of imidazole rings is 1. The molecule has 1 aromatic rings. The Balaban J connectivity index is 2.02. The second-order valence-corrected chi connectivity index (χ2v) is 4.32. The third kappa shape index (κ3) is 4.33. The maximum atomic E-state index is 4.13. The Morgan fingerprint density at radius 1 is 1.69 bits per heavy atom. The number of H-pyrrole nitrogens is 1.